The van der Waals surface area contributed by atoms with E-state index < -0.39 is 9.84 Å². The van der Waals surface area contributed by atoms with Crippen LogP contribution >= 0.6 is 11.3 Å². The van der Waals surface area contributed by atoms with E-state index in [0.29, 0.717) is 10.3 Å². The highest BCUT2D eigenvalue weighted by Gasteiger charge is 2.14. The molecule has 5 heteroatoms. The molecule has 0 saturated carbocycles. The van der Waals surface area contributed by atoms with Crippen LogP contribution < -0.4 is 5.32 Å². The predicted molar refractivity (Wildman–Crippen MR) is 78.0 cm³/mol. The van der Waals surface area contributed by atoms with Crippen LogP contribution in [0.15, 0.2) is 21.7 Å². The smallest absolute Gasteiger partial charge is 0.187 e. The van der Waals surface area contributed by atoms with Gasteiger partial charge in [-0.3, -0.25) is 0 Å². The Kier molecular flexibility index (Phi) is 6.89. The molecule has 1 aromatic heterocycles. The Balaban J connectivity index is 2.22. The summed E-state index contributed by atoms with van der Waals surface area (Å²) in [5, 5.41) is 5.22. The van der Waals surface area contributed by atoms with Gasteiger partial charge in [-0.15, -0.1) is 11.3 Å². The Morgan fingerprint density at radius 2 is 2.17 bits per heavy atom. The molecule has 0 saturated heterocycles. The average molecular weight is 289 g/mol. The van der Waals surface area contributed by atoms with Crippen LogP contribution in [0.5, 0.6) is 0 Å². The van der Waals surface area contributed by atoms with Gasteiger partial charge in [-0.2, -0.15) is 0 Å². The normalized spacial score (nSPS) is 13.7. The molecule has 0 spiro atoms. The van der Waals surface area contributed by atoms with Crippen LogP contribution in [0.4, 0.5) is 0 Å². The van der Waals surface area contributed by atoms with Crippen molar-refractivity contribution in [3.8, 4) is 0 Å². The Morgan fingerprint density at radius 3 is 2.78 bits per heavy atom. The van der Waals surface area contributed by atoms with Crippen molar-refractivity contribution in [2.24, 2.45) is 0 Å². The van der Waals surface area contributed by atoms with E-state index in [2.05, 4.69) is 19.2 Å². The molecule has 1 N–H and O–H groups in total. The Hall–Kier alpha value is -0.390. The van der Waals surface area contributed by atoms with E-state index >= 15 is 0 Å². The van der Waals surface area contributed by atoms with Crippen molar-refractivity contribution in [3.63, 3.8) is 0 Å². The third kappa shape index (κ3) is 5.50. The fourth-order valence-electron chi connectivity index (χ4n) is 1.78. The van der Waals surface area contributed by atoms with Crippen molar-refractivity contribution in [2.75, 3.05) is 12.3 Å². The second-order valence-corrected chi connectivity index (χ2v) is 7.89. The third-order valence-electron chi connectivity index (χ3n) is 2.84. The molecule has 0 aliphatic rings. The predicted octanol–water partition coefficient (Wildman–Crippen LogP) is 3.08. The standard InChI is InChI=1S/C13H23NO2S2/c1-3-9-14-12(2)7-4-5-11-18(15,16)13-8-6-10-17-13/h6,8,10,12,14H,3-5,7,9,11H2,1-2H3. The minimum Gasteiger partial charge on any atom is -0.314 e. The second-order valence-electron chi connectivity index (χ2n) is 4.60. The minimum absolute atomic E-state index is 0.272. The van der Waals surface area contributed by atoms with Crippen molar-refractivity contribution in [3.05, 3.63) is 17.5 Å². The maximum atomic E-state index is 11.9. The Bertz CT molecular complexity index is 412. The summed E-state index contributed by atoms with van der Waals surface area (Å²) in [4.78, 5) is 0. The lowest BCUT2D eigenvalue weighted by molar-refractivity contribution is 0.494. The van der Waals surface area contributed by atoms with Crippen LogP contribution in [0.25, 0.3) is 0 Å². The molecule has 18 heavy (non-hydrogen) atoms. The van der Waals surface area contributed by atoms with Crippen molar-refractivity contribution in [1.29, 1.82) is 0 Å². The molecule has 0 aromatic carbocycles. The van der Waals surface area contributed by atoms with Crippen LogP contribution in [0.2, 0.25) is 0 Å². The van der Waals surface area contributed by atoms with Gasteiger partial charge in [-0.25, -0.2) is 8.42 Å². The number of hydrogen-bond acceptors (Lipinski definition) is 4. The molecular weight excluding hydrogens is 266 g/mol. The van der Waals surface area contributed by atoms with Crippen LogP contribution in [-0.4, -0.2) is 26.8 Å². The highest BCUT2D eigenvalue weighted by Crippen LogP contribution is 2.18. The number of thiophene rings is 1. The molecule has 1 atom stereocenters. The van der Waals surface area contributed by atoms with Gasteiger partial charge in [-0.1, -0.05) is 19.4 Å². The van der Waals surface area contributed by atoms with Crippen LogP contribution in [0.1, 0.15) is 39.5 Å². The third-order valence-corrected chi connectivity index (χ3v) is 6.13. The zero-order valence-electron chi connectivity index (χ0n) is 11.2. The van der Waals surface area contributed by atoms with Gasteiger partial charge >= 0.3 is 0 Å². The van der Waals surface area contributed by atoms with Crippen molar-refractivity contribution < 1.29 is 8.42 Å². The van der Waals surface area contributed by atoms with Crippen LogP contribution in [-0.2, 0) is 9.84 Å². The van der Waals surface area contributed by atoms with Gasteiger partial charge in [0.05, 0.1) is 5.75 Å². The zero-order chi connectivity index (χ0) is 13.4. The summed E-state index contributed by atoms with van der Waals surface area (Å²) >= 11 is 1.30. The summed E-state index contributed by atoms with van der Waals surface area (Å²) in [5.41, 5.74) is 0. The van der Waals surface area contributed by atoms with Gasteiger partial charge in [-0.05, 0) is 44.2 Å². The van der Waals surface area contributed by atoms with E-state index in [4.69, 9.17) is 0 Å². The van der Waals surface area contributed by atoms with Gasteiger partial charge in [0.2, 0.25) is 0 Å². The Morgan fingerprint density at radius 1 is 1.39 bits per heavy atom. The fourth-order valence-corrected chi connectivity index (χ4v) is 4.30. The molecule has 1 aromatic rings. The van der Waals surface area contributed by atoms with E-state index in [1.54, 1.807) is 12.1 Å². The maximum absolute atomic E-state index is 11.9. The zero-order valence-corrected chi connectivity index (χ0v) is 12.8. The summed E-state index contributed by atoms with van der Waals surface area (Å²) in [5.74, 6) is 0.272. The van der Waals surface area contributed by atoms with E-state index in [-0.39, 0.29) is 5.75 Å². The van der Waals surface area contributed by atoms with E-state index in [0.717, 1.165) is 32.2 Å². The molecule has 0 aliphatic heterocycles. The van der Waals surface area contributed by atoms with E-state index in [1.807, 2.05) is 5.38 Å². The first-order valence-electron chi connectivity index (χ1n) is 6.56. The molecule has 104 valence electrons. The summed E-state index contributed by atoms with van der Waals surface area (Å²) < 4.78 is 24.3. The first-order valence-corrected chi connectivity index (χ1v) is 9.09. The average Bonchev–Trinajstić information content (AvgIpc) is 2.86. The monoisotopic (exact) mass is 289 g/mol. The van der Waals surface area contributed by atoms with Crippen molar-refractivity contribution in [2.45, 2.75) is 49.8 Å². The van der Waals surface area contributed by atoms with Crippen molar-refractivity contribution >= 4 is 21.2 Å². The summed E-state index contributed by atoms with van der Waals surface area (Å²) in [7, 11) is -3.03. The molecule has 0 amide bonds. The molecule has 0 radical (unpaired) electrons. The number of nitrogens with one attached hydrogen (secondary N) is 1. The van der Waals surface area contributed by atoms with Gasteiger partial charge < -0.3 is 5.32 Å². The quantitative estimate of drug-likeness (QED) is 0.711. The molecule has 0 fully saturated rings. The Labute approximate surface area is 115 Å². The number of rotatable bonds is 9. The minimum atomic E-state index is -3.03. The second kappa shape index (κ2) is 7.92. The first kappa shape index (κ1) is 15.7. The van der Waals surface area contributed by atoms with Gasteiger partial charge in [0.15, 0.2) is 9.84 Å². The maximum Gasteiger partial charge on any atom is 0.187 e. The van der Waals surface area contributed by atoms with Gasteiger partial charge in [0, 0.05) is 6.04 Å². The molecule has 1 heterocycles. The van der Waals surface area contributed by atoms with E-state index in [9.17, 15) is 8.42 Å². The molecule has 1 rings (SSSR count). The molecule has 0 bridgehead atoms. The highest BCUT2D eigenvalue weighted by molar-refractivity contribution is 7.93. The number of sulfone groups is 1. The largest absolute Gasteiger partial charge is 0.314 e. The molecule has 1 unspecified atom stereocenters. The lowest BCUT2D eigenvalue weighted by Gasteiger charge is -2.12. The van der Waals surface area contributed by atoms with Crippen molar-refractivity contribution in [1.82, 2.24) is 5.32 Å². The SMILES string of the molecule is CCCNC(C)CCCCS(=O)(=O)c1cccs1. The summed E-state index contributed by atoms with van der Waals surface area (Å²) in [6.45, 7) is 5.34. The molecular formula is C13H23NO2S2. The lowest BCUT2D eigenvalue weighted by Crippen LogP contribution is -2.26. The number of hydrogen-bond donors (Lipinski definition) is 1. The highest BCUT2D eigenvalue weighted by atomic mass is 32.2. The molecule has 3 nitrogen and oxygen atoms in total. The number of unbranched alkanes of at least 4 members (excludes halogenated alkanes) is 1. The van der Waals surface area contributed by atoms with Crippen LogP contribution in [0.3, 0.4) is 0 Å². The van der Waals surface area contributed by atoms with Crippen LogP contribution in [0, 0.1) is 0 Å². The van der Waals surface area contributed by atoms with Gasteiger partial charge in [0.25, 0.3) is 0 Å². The summed E-state index contributed by atoms with van der Waals surface area (Å²) in [6.07, 6.45) is 3.89. The summed E-state index contributed by atoms with van der Waals surface area (Å²) in [6, 6.07) is 3.95. The lowest BCUT2D eigenvalue weighted by atomic mass is 10.1. The molecule has 0 aliphatic carbocycles. The fraction of sp³-hybridized carbons (Fsp3) is 0.692. The van der Waals surface area contributed by atoms with E-state index in [1.165, 1.54) is 11.3 Å². The first-order chi connectivity index (χ1) is 8.56. The topological polar surface area (TPSA) is 46.2 Å². The van der Waals surface area contributed by atoms with Gasteiger partial charge in [0.1, 0.15) is 4.21 Å².